The Morgan fingerprint density at radius 1 is 0.258 bits per heavy atom. The van der Waals surface area contributed by atoms with Crippen LogP contribution in [0, 0.1) is 0 Å². The Balaban J connectivity index is 4.21. The number of hydrogen-bond acceptors (Lipinski definition) is 6. The molecule has 0 saturated carbocycles. The van der Waals surface area contributed by atoms with Gasteiger partial charge in [-0.25, -0.2) is 0 Å². The number of carbonyl (C=O) groups excluding carboxylic acids is 3. The van der Waals surface area contributed by atoms with Crippen LogP contribution >= 0.6 is 0 Å². The van der Waals surface area contributed by atoms with Crippen LogP contribution in [-0.2, 0) is 28.6 Å². The minimum atomic E-state index is -0.760. The molecule has 6 heteroatoms. The van der Waals surface area contributed by atoms with Crippen molar-refractivity contribution in [3.8, 4) is 0 Å². The highest BCUT2D eigenvalue weighted by Gasteiger charge is 2.19. The van der Waals surface area contributed by atoms with Crippen LogP contribution in [0.3, 0.4) is 0 Å². The van der Waals surface area contributed by atoms with Gasteiger partial charge in [0.25, 0.3) is 0 Å². The summed E-state index contributed by atoms with van der Waals surface area (Å²) in [6.45, 7) is 6.69. The van der Waals surface area contributed by atoms with Gasteiger partial charge in [0.1, 0.15) is 13.2 Å². The van der Waals surface area contributed by atoms with Gasteiger partial charge in [-0.15, -0.1) is 0 Å². The summed E-state index contributed by atoms with van der Waals surface area (Å²) >= 11 is 0. The third-order valence-corrected chi connectivity index (χ3v) is 12.9. The first-order valence-corrected chi connectivity index (χ1v) is 28.0. The maximum atomic E-state index is 12.8. The van der Waals surface area contributed by atoms with E-state index in [9.17, 15) is 14.4 Å². The second-order valence-corrected chi connectivity index (χ2v) is 19.2. The van der Waals surface area contributed by atoms with Crippen LogP contribution in [0.15, 0.2) is 0 Å². The first-order chi connectivity index (χ1) is 30.5. The fourth-order valence-corrected chi connectivity index (χ4v) is 8.62. The van der Waals surface area contributed by atoms with Crippen molar-refractivity contribution in [1.29, 1.82) is 0 Å². The Bertz CT molecular complexity index is 920. The molecule has 0 aromatic rings. The van der Waals surface area contributed by atoms with E-state index in [4.69, 9.17) is 14.2 Å². The third kappa shape index (κ3) is 49.4. The number of unbranched alkanes of at least 4 members (excludes halogenated alkanes) is 41. The van der Waals surface area contributed by atoms with Crippen molar-refractivity contribution in [2.24, 2.45) is 0 Å². The van der Waals surface area contributed by atoms with Crippen molar-refractivity contribution < 1.29 is 28.6 Å². The monoisotopic (exact) mass is 877 g/mol. The van der Waals surface area contributed by atoms with E-state index >= 15 is 0 Å². The molecule has 0 rings (SSSR count). The normalized spacial score (nSPS) is 11.9. The zero-order valence-corrected chi connectivity index (χ0v) is 42.2. The molecule has 1 atom stereocenters. The van der Waals surface area contributed by atoms with E-state index in [1.807, 2.05) is 0 Å². The van der Waals surface area contributed by atoms with Crippen molar-refractivity contribution in [3.05, 3.63) is 0 Å². The molecule has 0 spiro atoms. The quantitative estimate of drug-likeness (QED) is 0.0344. The molecular weight excluding hydrogens is 769 g/mol. The summed E-state index contributed by atoms with van der Waals surface area (Å²) in [6, 6.07) is 0. The zero-order valence-electron chi connectivity index (χ0n) is 42.2. The summed E-state index contributed by atoms with van der Waals surface area (Å²) in [5, 5.41) is 0. The van der Waals surface area contributed by atoms with Gasteiger partial charge in [-0.1, -0.05) is 284 Å². The molecule has 6 nitrogen and oxygen atoms in total. The molecule has 0 aliphatic rings. The van der Waals surface area contributed by atoms with Crippen molar-refractivity contribution >= 4 is 17.9 Å². The Kier molecular flexibility index (Phi) is 50.7. The van der Waals surface area contributed by atoms with Gasteiger partial charge in [-0.3, -0.25) is 14.4 Å². The molecule has 0 N–H and O–H groups in total. The highest BCUT2D eigenvalue weighted by molar-refractivity contribution is 5.71. The molecule has 368 valence electrons. The lowest BCUT2D eigenvalue weighted by atomic mass is 10.0. The smallest absolute Gasteiger partial charge is 0.306 e. The van der Waals surface area contributed by atoms with Crippen LogP contribution in [0.2, 0.25) is 0 Å². The van der Waals surface area contributed by atoms with E-state index < -0.39 is 6.10 Å². The van der Waals surface area contributed by atoms with E-state index in [-0.39, 0.29) is 31.1 Å². The topological polar surface area (TPSA) is 78.9 Å². The molecule has 0 amide bonds. The van der Waals surface area contributed by atoms with Gasteiger partial charge >= 0.3 is 17.9 Å². The Morgan fingerprint density at radius 3 is 0.645 bits per heavy atom. The van der Waals surface area contributed by atoms with Gasteiger partial charge in [0.2, 0.25) is 0 Å². The predicted octanol–water partition coefficient (Wildman–Crippen LogP) is 18.4. The highest BCUT2D eigenvalue weighted by atomic mass is 16.6. The van der Waals surface area contributed by atoms with Crippen molar-refractivity contribution in [1.82, 2.24) is 0 Å². The predicted molar refractivity (Wildman–Crippen MR) is 266 cm³/mol. The van der Waals surface area contributed by atoms with Crippen LogP contribution in [0.4, 0.5) is 0 Å². The fraction of sp³-hybridized carbons (Fsp3) is 0.946. The molecule has 0 heterocycles. The molecule has 0 bridgehead atoms. The van der Waals surface area contributed by atoms with Gasteiger partial charge in [0.15, 0.2) is 6.10 Å². The molecule has 0 unspecified atom stereocenters. The maximum absolute atomic E-state index is 12.8. The summed E-state index contributed by atoms with van der Waals surface area (Å²) in [5.41, 5.74) is 0. The lowest BCUT2D eigenvalue weighted by Crippen LogP contribution is -2.30. The Hall–Kier alpha value is -1.59. The van der Waals surface area contributed by atoms with Crippen LogP contribution in [-0.4, -0.2) is 37.2 Å². The average molecular weight is 877 g/mol. The summed E-state index contributed by atoms with van der Waals surface area (Å²) in [4.78, 5) is 38.0. The minimum Gasteiger partial charge on any atom is -0.462 e. The van der Waals surface area contributed by atoms with E-state index in [1.165, 1.54) is 225 Å². The van der Waals surface area contributed by atoms with E-state index in [0.29, 0.717) is 19.3 Å². The van der Waals surface area contributed by atoms with Crippen LogP contribution in [0.25, 0.3) is 0 Å². The maximum Gasteiger partial charge on any atom is 0.306 e. The molecule has 62 heavy (non-hydrogen) atoms. The molecule has 0 aromatic heterocycles. The largest absolute Gasteiger partial charge is 0.462 e. The summed E-state index contributed by atoms with van der Waals surface area (Å²) in [6.07, 6.45) is 56.7. The van der Waals surface area contributed by atoms with Gasteiger partial charge < -0.3 is 14.2 Å². The van der Waals surface area contributed by atoms with Gasteiger partial charge in [-0.2, -0.15) is 0 Å². The van der Waals surface area contributed by atoms with E-state index in [0.717, 1.165) is 57.8 Å². The molecule has 0 radical (unpaired) electrons. The number of rotatable bonds is 52. The lowest BCUT2D eigenvalue weighted by Gasteiger charge is -2.18. The van der Waals surface area contributed by atoms with Gasteiger partial charge in [0.05, 0.1) is 0 Å². The molecule has 0 saturated heterocycles. The fourth-order valence-electron chi connectivity index (χ4n) is 8.62. The van der Waals surface area contributed by atoms with Crippen LogP contribution < -0.4 is 0 Å². The number of ether oxygens (including phenoxy) is 3. The summed E-state index contributed by atoms with van der Waals surface area (Å²) in [7, 11) is 0. The summed E-state index contributed by atoms with van der Waals surface area (Å²) in [5.74, 6) is -0.837. The van der Waals surface area contributed by atoms with Gasteiger partial charge in [-0.05, 0) is 19.3 Å². The van der Waals surface area contributed by atoms with E-state index in [1.54, 1.807) is 0 Å². The first-order valence-electron chi connectivity index (χ1n) is 28.0. The molecular formula is C56H108O6. The Labute approximate surface area is 387 Å². The highest BCUT2D eigenvalue weighted by Crippen LogP contribution is 2.17. The standard InChI is InChI=1S/C56H108O6/c1-4-7-10-13-16-19-22-24-26-27-28-29-31-33-35-38-40-43-46-49-55(58)61-52-53(62-56(59)50-47-44-41-36-21-18-15-12-9-6-3)51-60-54(57)48-45-42-39-37-34-32-30-25-23-20-17-14-11-8-5-2/h53H,4-52H2,1-3H3/t53-/m1/s1. The number of hydrogen-bond donors (Lipinski definition) is 0. The van der Waals surface area contributed by atoms with Crippen molar-refractivity contribution in [3.63, 3.8) is 0 Å². The molecule has 0 fully saturated rings. The summed E-state index contributed by atoms with van der Waals surface area (Å²) < 4.78 is 16.8. The second-order valence-electron chi connectivity index (χ2n) is 19.2. The second kappa shape index (κ2) is 52.0. The van der Waals surface area contributed by atoms with E-state index in [2.05, 4.69) is 20.8 Å². The van der Waals surface area contributed by atoms with Gasteiger partial charge in [0, 0.05) is 19.3 Å². The lowest BCUT2D eigenvalue weighted by molar-refractivity contribution is -0.167. The molecule has 0 aliphatic carbocycles. The molecule has 0 aliphatic heterocycles. The van der Waals surface area contributed by atoms with Crippen molar-refractivity contribution in [2.45, 2.75) is 329 Å². The van der Waals surface area contributed by atoms with Crippen LogP contribution in [0.5, 0.6) is 0 Å². The van der Waals surface area contributed by atoms with Crippen molar-refractivity contribution in [2.75, 3.05) is 13.2 Å². The molecule has 0 aromatic carbocycles. The first kappa shape index (κ1) is 60.4. The number of carbonyl (C=O) groups is 3. The Morgan fingerprint density at radius 2 is 0.435 bits per heavy atom. The minimum absolute atomic E-state index is 0.0615. The SMILES string of the molecule is CCCCCCCCCCCCCCCCCCCCCC(=O)OC[C@@H](COC(=O)CCCCCCCCCCCCCCCCC)OC(=O)CCCCCCCCCCCC. The third-order valence-electron chi connectivity index (χ3n) is 12.9. The number of esters is 3. The van der Waals surface area contributed by atoms with Crippen LogP contribution in [0.1, 0.15) is 323 Å². The average Bonchev–Trinajstić information content (AvgIpc) is 3.27. The zero-order chi connectivity index (χ0) is 45.1.